The number of hydrazone groups is 1. The van der Waals surface area contributed by atoms with Gasteiger partial charge < -0.3 is 24.5 Å². The Labute approximate surface area is 218 Å². The predicted molar refractivity (Wildman–Crippen MR) is 143 cm³/mol. The lowest BCUT2D eigenvalue weighted by atomic mass is 10.0. The molecule has 0 unspecified atom stereocenters. The number of nitrogens with one attached hydrogen (secondary N) is 3. The summed E-state index contributed by atoms with van der Waals surface area (Å²) in [7, 11) is 1.53. The van der Waals surface area contributed by atoms with E-state index >= 15 is 0 Å². The lowest BCUT2D eigenvalue weighted by Gasteiger charge is -2.23. The minimum Gasteiger partial charge on any atom is -0.493 e. The summed E-state index contributed by atoms with van der Waals surface area (Å²) in [6.45, 7) is 13.2. The molecule has 10 heteroatoms. The Morgan fingerprint density at radius 1 is 1.05 bits per heavy atom. The van der Waals surface area contributed by atoms with Crippen molar-refractivity contribution < 1.29 is 28.3 Å². The Morgan fingerprint density at radius 3 is 2.32 bits per heavy atom. The molecule has 1 aromatic heterocycles. The zero-order valence-electron chi connectivity index (χ0n) is 23.0. The Balaban J connectivity index is 2.14. The summed E-state index contributed by atoms with van der Waals surface area (Å²) in [6, 6.07) is 5.72. The molecule has 2 rings (SSSR count). The van der Waals surface area contributed by atoms with E-state index in [-0.39, 0.29) is 23.5 Å². The first-order chi connectivity index (χ1) is 17.3. The molecule has 0 aliphatic heterocycles. The monoisotopic (exact) mass is 516 g/mol. The number of carbonyl (C=O) groups is 3. The van der Waals surface area contributed by atoms with Crippen molar-refractivity contribution >= 4 is 35.1 Å². The van der Waals surface area contributed by atoms with Crippen molar-refractivity contribution in [1.29, 1.82) is 0 Å². The van der Waals surface area contributed by atoms with Crippen LogP contribution in [0.2, 0.25) is 0 Å². The molecule has 1 aromatic carbocycles. The highest BCUT2D eigenvalue weighted by Gasteiger charge is 2.26. The van der Waals surface area contributed by atoms with Crippen molar-refractivity contribution in [2.75, 3.05) is 7.11 Å². The molecule has 3 amide bonds. The molecular formula is C27H40N4O6. The Hall–Kier alpha value is -3.56. The second-order valence-corrected chi connectivity index (χ2v) is 10.8. The van der Waals surface area contributed by atoms with Crippen LogP contribution in [0, 0.1) is 11.8 Å². The van der Waals surface area contributed by atoms with Crippen LogP contribution in [0.5, 0.6) is 5.75 Å². The van der Waals surface area contributed by atoms with Gasteiger partial charge in [0.1, 0.15) is 11.6 Å². The van der Waals surface area contributed by atoms with Gasteiger partial charge in [-0.1, -0.05) is 39.8 Å². The smallest absolute Gasteiger partial charge is 0.428 e. The van der Waals surface area contributed by atoms with E-state index in [9.17, 15) is 14.4 Å². The van der Waals surface area contributed by atoms with Crippen LogP contribution in [0.15, 0.2) is 33.8 Å². The van der Waals surface area contributed by atoms with Crippen LogP contribution in [0.4, 0.5) is 4.79 Å². The van der Waals surface area contributed by atoms with Crippen LogP contribution in [0.3, 0.4) is 0 Å². The van der Waals surface area contributed by atoms with E-state index in [4.69, 9.17) is 13.9 Å². The highest BCUT2D eigenvalue weighted by molar-refractivity contribution is 5.99. The van der Waals surface area contributed by atoms with Crippen LogP contribution >= 0.6 is 0 Å². The van der Waals surface area contributed by atoms with Gasteiger partial charge in [0.15, 0.2) is 17.1 Å². The molecule has 0 saturated heterocycles. The third-order valence-corrected chi connectivity index (χ3v) is 5.14. The second kappa shape index (κ2) is 13.1. The summed E-state index contributed by atoms with van der Waals surface area (Å²) < 4.78 is 16.2. The number of ether oxygens (including phenoxy) is 2. The lowest BCUT2D eigenvalue weighted by molar-refractivity contribution is -0.123. The van der Waals surface area contributed by atoms with Crippen LogP contribution < -0.4 is 20.8 Å². The zero-order valence-corrected chi connectivity index (χ0v) is 23.0. The summed E-state index contributed by atoms with van der Waals surface area (Å²) in [6.07, 6.45) is 1.77. The molecule has 0 aliphatic rings. The van der Waals surface area contributed by atoms with Crippen molar-refractivity contribution in [3.63, 3.8) is 0 Å². The molecule has 3 N–H and O–H groups in total. The van der Waals surface area contributed by atoms with Gasteiger partial charge in [-0.2, -0.15) is 5.10 Å². The number of fused-ring (bicyclic) bond motifs is 1. The molecular weight excluding hydrogens is 476 g/mol. The number of methoxy groups -OCH3 is 1. The number of hydrogen-bond donors (Lipinski definition) is 3. The van der Waals surface area contributed by atoms with Crippen molar-refractivity contribution in [3.05, 3.63) is 30.0 Å². The summed E-state index contributed by atoms with van der Waals surface area (Å²) in [5.41, 5.74) is 2.13. The number of benzene rings is 1. The first kappa shape index (κ1) is 29.7. The molecule has 0 spiro atoms. The number of carbonyl (C=O) groups excluding carboxylic acids is 3. The van der Waals surface area contributed by atoms with Crippen molar-refractivity contribution in [2.24, 2.45) is 16.9 Å². The Kier molecular flexibility index (Phi) is 10.5. The summed E-state index contributed by atoms with van der Waals surface area (Å²) in [4.78, 5) is 38.1. The maximum absolute atomic E-state index is 13.2. The molecule has 204 valence electrons. The van der Waals surface area contributed by atoms with Crippen molar-refractivity contribution in [1.82, 2.24) is 16.1 Å². The average Bonchev–Trinajstić information content (AvgIpc) is 3.21. The number of nitrogens with zero attached hydrogens (tertiary/aromatic N) is 1. The fourth-order valence-electron chi connectivity index (χ4n) is 3.67. The third-order valence-electron chi connectivity index (χ3n) is 5.14. The quantitative estimate of drug-likeness (QED) is 0.295. The lowest BCUT2D eigenvalue weighted by Crippen LogP contribution is -2.51. The summed E-state index contributed by atoms with van der Waals surface area (Å²) in [5, 5.41) is 10.4. The number of furan rings is 1. The molecule has 0 bridgehead atoms. The summed E-state index contributed by atoms with van der Waals surface area (Å²) >= 11 is 0. The average molecular weight is 517 g/mol. The van der Waals surface area contributed by atoms with Crippen LogP contribution in [0.25, 0.3) is 11.0 Å². The normalized spacial score (nSPS) is 13.6. The van der Waals surface area contributed by atoms with Gasteiger partial charge in [-0.05, 0) is 57.6 Å². The molecule has 0 aliphatic carbocycles. The van der Waals surface area contributed by atoms with E-state index in [1.807, 2.05) is 39.8 Å². The third kappa shape index (κ3) is 9.78. The second-order valence-electron chi connectivity index (χ2n) is 10.8. The van der Waals surface area contributed by atoms with E-state index in [2.05, 4.69) is 21.2 Å². The van der Waals surface area contributed by atoms with Gasteiger partial charge in [0.25, 0.3) is 5.91 Å². The Morgan fingerprint density at radius 2 is 1.73 bits per heavy atom. The van der Waals surface area contributed by atoms with E-state index in [1.54, 1.807) is 32.9 Å². The molecule has 37 heavy (non-hydrogen) atoms. The Bertz CT molecular complexity index is 1100. The number of rotatable bonds is 11. The van der Waals surface area contributed by atoms with Crippen molar-refractivity contribution in [3.8, 4) is 5.75 Å². The fraction of sp³-hybridized carbons (Fsp3) is 0.556. The largest absolute Gasteiger partial charge is 0.493 e. The maximum atomic E-state index is 13.2. The molecule has 10 nitrogen and oxygen atoms in total. The van der Waals surface area contributed by atoms with Crippen molar-refractivity contribution in [2.45, 2.75) is 79.0 Å². The molecule has 2 atom stereocenters. The molecule has 0 fully saturated rings. The van der Waals surface area contributed by atoms with E-state index in [0.29, 0.717) is 24.2 Å². The van der Waals surface area contributed by atoms with Gasteiger partial charge in [0, 0.05) is 11.6 Å². The molecule has 1 heterocycles. The SMILES string of the molecule is COc1cccc2cc(C(=O)N[C@@H](CC(C)C)C(=O)N[C@H](/C=N/NC(=O)OC(C)(C)C)CC(C)C)oc12. The van der Waals surface area contributed by atoms with Gasteiger partial charge in [0.05, 0.1) is 13.2 Å². The summed E-state index contributed by atoms with van der Waals surface area (Å²) in [5.74, 6) is 0.122. The van der Waals surface area contributed by atoms with E-state index in [1.165, 1.54) is 13.3 Å². The number of amides is 3. The van der Waals surface area contributed by atoms with E-state index in [0.717, 1.165) is 5.39 Å². The first-order valence-electron chi connectivity index (χ1n) is 12.5. The highest BCUT2D eigenvalue weighted by atomic mass is 16.6. The van der Waals surface area contributed by atoms with Crippen LogP contribution in [-0.4, -0.2) is 48.9 Å². The molecule has 0 radical (unpaired) electrons. The van der Waals surface area contributed by atoms with Crippen LogP contribution in [0.1, 0.15) is 71.9 Å². The highest BCUT2D eigenvalue weighted by Crippen LogP contribution is 2.28. The van der Waals surface area contributed by atoms with Gasteiger partial charge in [-0.3, -0.25) is 9.59 Å². The number of para-hydroxylation sites is 1. The standard InChI is InChI=1S/C27H40N4O6/c1-16(2)12-19(15-28-31-26(34)37-27(5,6)7)29-24(32)20(13-17(3)4)30-25(33)22-14-18-10-9-11-21(35-8)23(18)36-22/h9-11,14-17,19-20H,12-13H2,1-8H3,(H,29,32)(H,30,33)(H,31,34)/b28-15+/t19-,20-/m0/s1. The zero-order chi connectivity index (χ0) is 27.8. The van der Waals surface area contributed by atoms with Gasteiger partial charge >= 0.3 is 6.09 Å². The number of hydrogen-bond acceptors (Lipinski definition) is 7. The maximum Gasteiger partial charge on any atom is 0.428 e. The topological polar surface area (TPSA) is 131 Å². The van der Waals surface area contributed by atoms with E-state index < -0.39 is 29.7 Å². The fourth-order valence-corrected chi connectivity index (χ4v) is 3.67. The molecule has 2 aromatic rings. The minimum atomic E-state index is -0.801. The molecule has 0 saturated carbocycles. The van der Waals surface area contributed by atoms with Gasteiger partial charge in [-0.25, -0.2) is 10.2 Å². The minimum absolute atomic E-state index is 0.0860. The van der Waals surface area contributed by atoms with Gasteiger partial charge in [-0.15, -0.1) is 0 Å². The predicted octanol–water partition coefficient (Wildman–Crippen LogP) is 4.63. The van der Waals surface area contributed by atoms with Gasteiger partial charge in [0.2, 0.25) is 5.91 Å². The van der Waals surface area contributed by atoms with Crippen LogP contribution in [-0.2, 0) is 9.53 Å². The first-order valence-corrected chi connectivity index (χ1v) is 12.5.